The zero-order valence-electron chi connectivity index (χ0n) is 8.72. The molecule has 1 nitrogen and oxygen atoms in total. The van der Waals surface area contributed by atoms with E-state index in [9.17, 15) is 8.78 Å². The van der Waals surface area contributed by atoms with Gasteiger partial charge in [0, 0.05) is 5.69 Å². The number of thioether (sulfide) groups is 1. The van der Waals surface area contributed by atoms with Crippen LogP contribution in [0.5, 0.6) is 0 Å². The van der Waals surface area contributed by atoms with Crippen molar-refractivity contribution in [1.82, 2.24) is 0 Å². The zero-order valence-corrected chi connectivity index (χ0v) is 9.54. The molecule has 0 bridgehead atoms. The van der Waals surface area contributed by atoms with E-state index in [1.54, 1.807) is 0 Å². The maximum absolute atomic E-state index is 13.3. The third kappa shape index (κ3) is 3.70. The van der Waals surface area contributed by atoms with Gasteiger partial charge in [0.15, 0.2) is 0 Å². The highest BCUT2D eigenvalue weighted by Gasteiger charge is 2.10. The van der Waals surface area contributed by atoms with Crippen molar-refractivity contribution in [1.29, 1.82) is 0 Å². The van der Waals surface area contributed by atoms with Crippen LogP contribution in [0, 0.1) is 11.6 Å². The Morgan fingerprint density at radius 3 is 2.33 bits per heavy atom. The van der Waals surface area contributed by atoms with Gasteiger partial charge in [-0.25, -0.2) is 8.78 Å². The lowest BCUT2D eigenvalue weighted by atomic mass is 10.3. The van der Waals surface area contributed by atoms with Crippen LogP contribution in [-0.2, 0) is 0 Å². The van der Waals surface area contributed by atoms with Crippen LogP contribution in [0.4, 0.5) is 14.5 Å². The van der Waals surface area contributed by atoms with Crippen molar-refractivity contribution in [3.63, 3.8) is 0 Å². The van der Waals surface area contributed by atoms with Gasteiger partial charge in [-0.15, -0.1) is 11.8 Å². The predicted octanol–water partition coefficient (Wildman–Crippen LogP) is 3.83. The van der Waals surface area contributed by atoms with Crippen LogP contribution in [0.2, 0.25) is 0 Å². The number of nitrogens with two attached hydrogens (primary N) is 1. The van der Waals surface area contributed by atoms with Crippen molar-refractivity contribution < 1.29 is 8.78 Å². The van der Waals surface area contributed by atoms with Gasteiger partial charge in [0.05, 0.1) is 4.90 Å². The molecule has 1 aromatic carbocycles. The molecule has 15 heavy (non-hydrogen) atoms. The second-order valence-electron chi connectivity index (χ2n) is 3.37. The van der Waals surface area contributed by atoms with Crippen LogP contribution < -0.4 is 5.73 Å². The lowest BCUT2D eigenvalue weighted by Crippen LogP contribution is -1.94. The number of nitrogen functional groups attached to an aromatic ring is 1. The number of hydrogen-bond acceptors (Lipinski definition) is 2. The Labute approximate surface area is 93.1 Å². The van der Waals surface area contributed by atoms with Crippen LogP contribution in [0.25, 0.3) is 0 Å². The SMILES string of the molecule is CCCCCSc1c(F)cc(N)cc1F. The first kappa shape index (κ1) is 12.3. The summed E-state index contributed by atoms with van der Waals surface area (Å²) in [5.41, 5.74) is 5.44. The lowest BCUT2D eigenvalue weighted by Gasteiger charge is -2.05. The first-order valence-corrected chi connectivity index (χ1v) is 6.01. The first-order valence-electron chi connectivity index (χ1n) is 5.02. The maximum atomic E-state index is 13.3. The summed E-state index contributed by atoms with van der Waals surface area (Å²) in [4.78, 5) is 0.0836. The summed E-state index contributed by atoms with van der Waals surface area (Å²) in [7, 11) is 0. The van der Waals surface area contributed by atoms with E-state index in [4.69, 9.17) is 5.73 Å². The summed E-state index contributed by atoms with van der Waals surface area (Å²) >= 11 is 1.22. The van der Waals surface area contributed by atoms with Crippen LogP contribution in [0.15, 0.2) is 17.0 Å². The quantitative estimate of drug-likeness (QED) is 0.473. The molecule has 0 amide bonds. The summed E-state index contributed by atoms with van der Waals surface area (Å²) in [5.74, 6) is -0.381. The molecule has 84 valence electrons. The van der Waals surface area contributed by atoms with Gasteiger partial charge in [-0.1, -0.05) is 19.8 Å². The van der Waals surface area contributed by atoms with E-state index in [0.29, 0.717) is 0 Å². The molecule has 1 rings (SSSR count). The molecule has 0 radical (unpaired) electrons. The number of unbranched alkanes of at least 4 members (excludes halogenated alkanes) is 2. The molecule has 0 unspecified atom stereocenters. The number of hydrogen-bond donors (Lipinski definition) is 1. The Hall–Kier alpha value is -0.770. The Bertz CT molecular complexity index is 305. The van der Waals surface area contributed by atoms with Crippen LogP contribution in [0.3, 0.4) is 0 Å². The summed E-state index contributed by atoms with van der Waals surface area (Å²) in [5, 5.41) is 0. The molecule has 0 spiro atoms. The molecule has 0 aliphatic rings. The van der Waals surface area contributed by atoms with Gasteiger partial charge < -0.3 is 5.73 Å². The molecule has 0 saturated carbocycles. The molecule has 0 heterocycles. The second kappa shape index (κ2) is 5.95. The molecule has 0 saturated heterocycles. The third-order valence-electron chi connectivity index (χ3n) is 2.01. The Kier molecular flexibility index (Phi) is 4.88. The summed E-state index contributed by atoms with van der Waals surface area (Å²) in [6.07, 6.45) is 3.17. The van der Waals surface area contributed by atoms with Gasteiger partial charge in [-0.2, -0.15) is 0 Å². The monoisotopic (exact) mass is 231 g/mol. The number of anilines is 1. The minimum Gasteiger partial charge on any atom is -0.399 e. The Morgan fingerprint density at radius 1 is 1.20 bits per heavy atom. The van der Waals surface area contributed by atoms with Crippen LogP contribution >= 0.6 is 11.8 Å². The largest absolute Gasteiger partial charge is 0.399 e. The van der Waals surface area contributed by atoms with Gasteiger partial charge in [-0.3, -0.25) is 0 Å². The molecular formula is C11H15F2NS. The highest BCUT2D eigenvalue weighted by molar-refractivity contribution is 7.99. The van der Waals surface area contributed by atoms with Crippen molar-refractivity contribution in [2.24, 2.45) is 0 Å². The van der Waals surface area contributed by atoms with E-state index >= 15 is 0 Å². The molecule has 0 aliphatic carbocycles. The van der Waals surface area contributed by atoms with E-state index in [1.165, 1.54) is 11.8 Å². The number of rotatable bonds is 5. The van der Waals surface area contributed by atoms with Gasteiger partial charge in [0.1, 0.15) is 11.6 Å². The van der Waals surface area contributed by atoms with E-state index in [1.807, 2.05) is 0 Å². The fraction of sp³-hybridized carbons (Fsp3) is 0.455. The standard InChI is InChI=1S/C11H15F2NS/c1-2-3-4-5-15-11-9(12)6-8(14)7-10(11)13/h6-7H,2-5,14H2,1H3. The molecule has 2 N–H and O–H groups in total. The fourth-order valence-electron chi connectivity index (χ4n) is 1.24. The molecule has 1 aromatic rings. The normalized spacial score (nSPS) is 10.6. The van der Waals surface area contributed by atoms with Crippen molar-refractivity contribution in [3.8, 4) is 0 Å². The summed E-state index contributed by atoms with van der Waals surface area (Å²) < 4.78 is 26.6. The minimum atomic E-state index is -0.561. The predicted molar refractivity (Wildman–Crippen MR) is 61.0 cm³/mol. The highest BCUT2D eigenvalue weighted by Crippen LogP contribution is 2.27. The smallest absolute Gasteiger partial charge is 0.141 e. The minimum absolute atomic E-state index is 0.0836. The zero-order chi connectivity index (χ0) is 11.3. The van der Waals surface area contributed by atoms with Crippen molar-refractivity contribution in [2.45, 2.75) is 31.1 Å². The van der Waals surface area contributed by atoms with Gasteiger partial charge in [-0.05, 0) is 24.3 Å². The van der Waals surface area contributed by atoms with E-state index < -0.39 is 11.6 Å². The van der Waals surface area contributed by atoms with Gasteiger partial charge >= 0.3 is 0 Å². The third-order valence-corrected chi connectivity index (χ3v) is 3.19. The molecule has 0 aromatic heterocycles. The molecule has 4 heteroatoms. The van der Waals surface area contributed by atoms with E-state index in [-0.39, 0.29) is 10.6 Å². The number of halogens is 2. The van der Waals surface area contributed by atoms with Crippen molar-refractivity contribution >= 4 is 17.4 Å². The first-order chi connectivity index (χ1) is 7.15. The van der Waals surface area contributed by atoms with Crippen LogP contribution in [0.1, 0.15) is 26.2 Å². The van der Waals surface area contributed by atoms with Crippen LogP contribution in [-0.4, -0.2) is 5.75 Å². The maximum Gasteiger partial charge on any atom is 0.141 e. The van der Waals surface area contributed by atoms with E-state index in [0.717, 1.165) is 37.1 Å². The molecule has 0 aliphatic heterocycles. The fourth-order valence-corrected chi connectivity index (χ4v) is 2.19. The van der Waals surface area contributed by atoms with Crippen molar-refractivity contribution in [2.75, 3.05) is 11.5 Å². The van der Waals surface area contributed by atoms with Crippen molar-refractivity contribution in [3.05, 3.63) is 23.8 Å². The average molecular weight is 231 g/mol. The molecule has 0 fully saturated rings. The highest BCUT2D eigenvalue weighted by atomic mass is 32.2. The Balaban J connectivity index is 2.60. The topological polar surface area (TPSA) is 26.0 Å². The van der Waals surface area contributed by atoms with E-state index in [2.05, 4.69) is 6.92 Å². The summed E-state index contributed by atoms with van der Waals surface area (Å²) in [6, 6.07) is 2.32. The van der Waals surface area contributed by atoms with Gasteiger partial charge in [0.25, 0.3) is 0 Å². The second-order valence-corrected chi connectivity index (χ2v) is 4.47. The number of benzene rings is 1. The summed E-state index contributed by atoms with van der Waals surface area (Å²) in [6.45, 7) is 2.09. The Morgan fingerprint density at radius 2 is 1.80 bits per heavy atom. The van der Waals surface area contributed by atoms with Gasteiger partial charge in [0.2, 0.25) is 0 Å². The lowest BCUT2D eigenvalue weighted by molar-refractivity contribution is 0.541. The molecular weight excluding hydrogens is 216 g/mol. The molecule has 0 atom stereocenters. The average Bonchev–Trinajstić information content (AvgIpc) is 2.15.